The Balaban J connectivity index is 1.55. The molecule has 1 N–H and O–H groups in total. The topological polar surface area (TPSA) is 57.5 Å². The molecule has 0 atom stereocenters. The van der Waals surface area contributed by atoms with Gasteiger partial charge in [-0.05, 0) is 35.2 Å². The second-order valence-corrected chi connectivity index (χ2v) is 7.43. The Kier molecular flexibility index (Phi) is 5.71. The third-order valence-corrected chi connectivity index (χ3v) is 5.14. The lowest BCUT2D eigenvalue weighted by Gasteiger charge is -2.14. The Morgan fingerprint density at radius 2 is 1.90 bits per heavy atom. The van der Waals surface area contributed by atoms with Crippen LogP contribution in [0.25, 0.3) is 11.3 Å². The maximum atomic E-state index is 5.53. The number of nitrogens with one attached hydrogen (secondary N) is 1. The maximum absolute atomic E-state index is 5.53. The molecule has 0 aliphatic carbocycles. The molecule has 1 aromatic heterocycles. The van der Waals surface area contributed by atoms with E-state index < -0.39 is 0 Å². The van der Waals surface area contributed by atoms with Crippen molar-refractivity contribution in [1.29, 1.82) is 0 Å². The number of imidazole rings is 1. The number of aromatic nitrogens is 2. The van der Waals surface area contributed by atoms with Crippen LogP contribution < -0.4 is 14.8 Å². The molecule has 0 fully saturated rings. The molecule has 0 spiro atoms. The van der Waals surface area contributed by atoms with Gasteiger partial charge in [-0.15, -0.1) is 0 Å². The van der Waals surface area contributed by atoms with Gasteiger partial charge in [0.2, 0.25) is 12.7 Å². The third kappa shape index (κ3) is 4.22. The molecule has 1 aliphatic rings. The predicted octanol–water partition coefficient (Wildman–Crippen LogP) is 4.66. The van der Waals surface area contributed by atoms with Crippen LogP contribution in [0.1, 0.15) is 30.9 Å². The molecule has 4 rings (SSSR count). The van der Waals surface area contributed by atoms with Crippen molar-refractivity contribution in [3.63, 3.8) is 0 Å². The number of hydrogen-bond donors (Lipinski definition) is 1. The summed E-state index contributed by atoms with van der Waals surface area (Å²) in [5, 5.41) is 3.47. The van der Waals surface area contributed by atoms with E-state index in [0.29, 0.717) is 25.6 Å². The van der Waals surface area contributed by atoms with Crippen molar-refractivity contribution in [3.05, 3.63) is 59.8 Å². The first-order valence-corrected chi connectivity index (χ1v) is 9.93. The van der Waals surface area contributed by atoms with Gasteiger partial charge < -0.3 is 24.1 Å². The van der Waals surface area contributed by atoms with Crippen LogP contribution in [0.15, 0.2) is 48.7 Å². The summed E-state index contributed by atoms with van der Waals surface area (Å²) >= 11 is 0. The molecule has 6 nitrogen and oxygen atoms in total. The number of nitrogens with zero attached hydrogens (tertiary/aromatic N) is 2. The van der Waals surface area contributed by atoms with Gasteiger partial charge in [0.1, 0.15) is 0 Å². The standard InChI is InChI=1S/C23H27N3O3/c1-16(2)18-6-4-17(5-7-18)13-24-23-25-14-20(26(23)10-11-27-3)19-8-9-21-22(12-19)29-15-28-21/h4-9,12,14,16H,10-11,13,15H2,1-3H3,(H,24,25). The highest BCUT2D eigenvalue weighted by atomic mass is 16.7. The van der Waals surface area contributed by atoms with Gasteiger partial charge in [0.25, 0.3) is 0 Å². The summed E-state index contributed by atoms with van der Waals surface area (Å²) in [6, 6.07) is 14.7. The minimum atomic E-state index is 0.268. The minimum Gasteiger partial charge on any atom is -0.454 e. The summed E-state index contributed by atoms with van der Waals surface area (Å²) in [7, 11) is 1.71. The lowest BCUT2D eigenvalue weighted by atomic mass is 10.0. The highest BCUT2D eigenvalue weighted by Crippen LogP contribution is 2.36. The third-order valence-electron chi connectivity index (χ3n) is 5.14. The van der Waals surface area contributed by atoms with Crippen molar-refractivity contribution in [2.75, 3.05) is 25.8 Å². The van der Waals surface area contributed by atoms with Crippen molar-refractivity contribution in [1.82, 2.24) is 9.55 Å². The van der Waals surface area contributed by atoms with Crippen LogP contribution in [-0.2, 0) is 17.8 Å². The van der Waals surface area contributed by atoms with E-state index in [-0.39, 0.29) is 6.79 Å². The van der Waals surface area contributed by atoms with Crippen LogP contribution >= 0.6 is 0 Å². The van der Waals surface area contributed by atoms with E-state index in [2.05, 4.69) is 53.0 Å². The summed E-state index contributed by atoms with van der Waals surface area (Å²) in [6.45, 7) is 6.70. The van der Waals surface area contributed by atoms with Crippen molar-refractivity contribution < 1.29 is 14.2 Å². The van der Waals surface area contributed by atoms with E-state index in [1.54, 1.807) is 7.11 Å². The van der Waals surface area contributed by atoms with Gasteiger partial charge >= 0.3 is 0 Å². The lowest BCUT2D eigenvalue weighted by Crippen LogP contribution is -2.11. The smallest absolute Gasteiger partial charge is 0.231 e. The first-order chi connectivity index (χ1) is 14.2. The molecular formula is C23H27N3O3. The van der Waals surface area contributed by atoms with Crippen LogP contribution in [0.4, 0.5) is 5.95 Å². The van der Waals surface area contributed by atoms with Crippen molar-refractivity contribution in [2.24, 2.45) is 0 Å². The molecule has 3 aromatic rings. The highest BCUT2D eigenvalue weighted by Gasteiger charge is 2.17. The molecule has 29 heavy (non-hydrogen) atoms. The van der Waals surface area contributed by atoms with Crippen molar-refractivity contribution in [2.45, 2.75) is 32.9 Å². The Labute approximate surface area is 171 Å². The molecule has 1 aliphatic heterocycles. The number of anilines is 1. The molecule has 0 unspecified atom stereocenters. The number of methoxy groups -OCH3 is 1. The van der Waals surface area contributed by atoms with Crippen LogP contribution in [0, 0.1) is 0 Å². The van der Waals surface area contributed by atoms with Gasteiger partial charge in [0, 0.05) is 25.8 Å². The first kappa shape index (κ1) is 19.3. The Morgan fingerprint density at radius 3 is 2.66 bits per heavy atom. The van der Waals surface area contributed by atoms with Gasteiger partial charge in [-0.2, -0.15) is 0 Å². The first-order valence-electron chi connectivity index (χ1n) is 9.93. The largest absolute Gasteiger partial charge is 0.454 e. The molecule has 2 aromatic carbocycles. The molecule has 152 valence electrons. The molecular weight excluding hydrogens is 366 g/mol. The summed E-state index contributed by atoms with van der Waals surface area (Å²) < 4.78 is 18.4. The van der Waals surface area contributed by atoms with Gasteiger partial charge in [-0.25, -0.2) is 4.98 Å². The predicted molar refractivity (Wildman–Crippen MR) is 114 cm³/mol. The number of ether oxygens (including phenoxy) is 3. The Bertz CT molecular complexity index is 964. The van der Waals surface area contributed by atoms with Crippen LogP contribution in [0.3, 0.4) is 0 Å². The second kappa shape index (κ2) is 8.57. The minimum absolute atomic E-state index is 0.268. The van der Waals surface area contributed by atoms with E-state index in [0.717, 1.165) is 28.7 Å². The van der Waals surface area contributed by atoms with E-state index in [1.165, 1.54) is 11.1 Å². The van der Waals surface area contributed by atoms with E-state index in [1.807, 2.05) is 24.4 Å². The number of hydrogen-bond acceptors (Lipinski definition) is 5. The SMILES string of the molecule is COCCn1c(-c2ccc3c(c2)OCO3)cnc1NCc1ccc(C(C)C)cc1. The molecule has 6 heteroatoms. The molecule has 0 saturated carbocycles. The van der Waals surface area contributed by atoms with E-state index in [9.17, 15) is 0 Å². The lowest BCUT2D eigenvalue weighted by molar-refractivity contribution is 0.174. The van der Waals surface area contributed by atoms with Gasteiger partial charge in [0.15, 0.2) is 11.5 Å². The zero-order valence-electron chi connectivity index (χ0n) is 17.1. The zero-order valence-corrected chi connectivity index (χ0v) is 17.1. The monoisotopic (exact) mass is 393 g/mol. The second-order valence-electron chi connectivity index (χ2n) is 7.43. The average molecular weight is 393 g/mol. The maximum Gasteiger partial charge on any atom is 0.231 e. The highest BCUT2D eigenvalue weighted by molar-refractivity contribution is 5.66. The Hall–Kier alpha value is -2.99. The summed E-state index contributed by atoms with van der Waals surface area (Å²) in [5.41, 5.74) is 4.62. The van der Waals surface area contributed by atoms with E-state index >= 15 is 0 Å². The Morgan fingerprint density at radius 1 is 1.10 bits per heavy atom. The fourth-order valence-corrected chi connectivity index (χ4v) is 3.41. The number of benzene rings is 2. The molecule has 2 heterocycles. The fraction of sp³-hybridized carbons (Fsp3) is 0.348. The van der Waals surface area contributed by atoms with E-state index in [4.69, 9.17) is 14.2 Å². The number of rotatable bonds is 8. The quantitative estimate of drug-likeness (QED) is 0.603. The molecule has 0 bridgehead atoms. The zero-order chi connectivity index (χ0) is 20.2. The summed E-state index contributed by atoms with van der Waals surface area (Å²) in [5.74, 6) is 2.90. The average Bonchev–Trinajstić information content (AvgIpc) is 3.37. The fourth-order valence-electron chi connectivity index (χ4n) is 3.41. The molecule has 0 radical (unpaired) electrons. The van der Waals surface area contributed by atoms with Gasteiger partial charge in [-0.3, -0.25) is 0 Å². The van der Waals surface area contributed by atoms with Crippen LogP contribution in [-0.4, -0.2) is 30.1 Å². The number of fused-ring (bicyclic) bond motifs is 1. The summed E-state index contributed by atoms with van der Waals surface area (Å²) in [4.78, 5) is 4.62. The van der Waals surface area contributed by atoms with Crippen molar-refractivity contribution >= 4 is 5.95 Å². The van der Waals surface area contributed by atoms with Crippen LogP contribution in [0.2, 0.25) is 0 Å². The summed E-state index contributed by atoms with van der Waals surface area (Å²) in [6.07, 6.45) is 1.89. The van der Waals surface area contributed by atoms with Crippen molar-refractivity contribution in [3.8, 4) is 22.8 Å². The molecule has 0 saturated heterocycles. The normalized spacial score (nSPS) is 12.6. The van der Waals surface area contributed by atoms with Gasteiger partial charge in [0.05, 0.1) is 18.5 Å². The van der Waals surface area contributed by atoms with Gasteiger partial charge in [-0.1, -0.05) is 38.1 Å². The van der Waals surface area contributed by atoms with Crippen LogP contribution in [0.5, 0.6) is 11.5 Å². The molecule has 0 amide bonds.